The van der Waals surface area contributed by atoms with Crippen molar-refractivity contribution in [2.24, 2.45) is 0 Å². The van der Waals surface area contributed by atoms with Crippen LogP contribution < -0.4 is 11.1 Å². The van der Waals surface area contributed by atoms with Crippen LogP contribution in [0.1, 0.15) is 19.4 Å². The highest BCUT2D eigenvalue weighted by atomic mass is 16.5. The Kier molecular flexibility index (Phi) is 4.56. The summed E-state index contributed by atoms with van der Waals surface area (Å²) in [5.41, 5.74) is 7.17. The van der Waals surface area contributed by atoms with E-state index in [1.807, 2.05) is 22.8 Å². The van der Waals surface area contributed by atoms with E-state index in [1.54, 1.807) is 33.2 Å². The van der Waals surface area contributed by atoms with Gasteiger partial charge in [-0.05, 0) is 31.5 Å². The van der Waals surface area contributed by atoms with Gasteiger partial charge in [0.2, 0.25) is 11.9 Å². The second-order valence-electron chi connectivity index (χ2n) is 6.23. The van der Waals surface area contributed by atoms with Gasteiger partial charge < -0.3 is 20.9 Å². The van der Waals surface area contributed by atoms with Crippen LogP contribution in [-0.4, -0.2) is 44.9 Å². The van der Waals surface area contributed by atoms with Crippen LogP contribution in [0.25, 0.3) is 16.9 Å². The lowest BCUT2D eigenvalue weighted by atomic mass is 9.98. The van der Waals surface area contributed by atoms with Gasteiger partial charge in [0.1, 0.15) is 5.82 Å². The number of nitrogens with one attached hydrogen (secondary N) is 1. The molecule has 8 nitrogen and oxygen atoms in total. The number of nitrogen functional groups attached to an aromatic ring is 1. The molecule has 4 N–H and O–H groups in total. The molecular formula is C17H22N6O2. The van der Waals surface area contributed by atoms with Crippen molar-refractivity contribution in [3.8, 4) is 5.82 Å². The lowest BCUT2D eigenvalue weighted by Crippen LogP contribution is -2.15. The molecule has 0 aliphatic carbocycles. The van der Waals surface area contributed by atoms with Crippen molar-refractivity contribution in [3.05, 3.63) is 36.0 Å². The van der Waals surface area contributed by atoms with Crippen LogP contribution in [0.2, 0.25) is 0 Å². The molecule has 2 heterocycles. The summed E-state index contributed by atoms with van der Waals surface area (Å²) < 4.78 is 6.95. The minimum atomic E-state index is -0.961. The fourth-order valence-electron chi connectivity index (χ4n) is 2.56. The normalized spacial score (nSPS) is 11.8. The first kappa shape index (κ1) is 17.1. The number of nitrogens with two attached hydrogens (primary N) is 1. The van der Waals surface area contributed by atoms with Gasteiger partial charge in [-0.2, -0.15) is 4.98 Å². The predicted octanol–water partition coefficient (Wildman–Crippen LogP) is 1.68. The Morgan fingerprint density at radius 1 is 1.28 bits per heavy atom. The van der Waals surface area contributed by atoms with Crippen molar-refractivity contribution >= 4 is 22.9 Å². The fourth-order valence-corrected chi connectivity index (χ4v) is 2.56. The van der Waals surface area contributed by atoms with Gasteiger partial charge >= 0.3 is 0 Å². The van der Waals surface area contributed by atoms with Crippen molar-refractivity contribution in [1.29, 1.82) is 0 Å². The van der Waals surface area contributed by atoms with Crippen LogP contribution >= 0.6 is 0 Å². The summed E-state index contributed by atoms with van der Waals surface area (Å²) in [6, 6.07) is 7.41. The Balaban J connectivity index is 2.18. The molecule has 0 fully saturated rings. The van der Waals surface area contributed by atoms with E-state index in [2.05, 4.69) is 20.3 Å². The summed E-state index contributed by atoms with van der Waals surface area (Å²) in [5.74, 6) is 1.40. The van der Waals surface area contributed by atoms with E-state index in [9.17, 15) is 5.11 Å². The van der Waals surface area contributed by atoms with Gasteiger partial charge in [0, 0.05) is 25.9 Å². The molecule has 0 saturated heterocycles. The Morgan fingerprint density at radius 2 is 2.08 bits per heavy atom. The number of imidazole rings is 1. The summed E-state index contributed by atoms with van der Waals surface area (Å²) >= 11 is 0. The Labute approximate surface area is 145 Å². The van der Waals surface area contributed by atoms with E-state index in [4.69, 9.17) is 10.5 Å². The highest BCUT2D eigenvalue weighted by Gasteiger charge is 2.20. The maximum atomic E-state index is 10.3. The summed E-state index contributed by atoms with van der Waals surface area (Å²) in [6.07, 6.45) is 1.60. The van der Waals surface area contributed by atoms with Crippen LogP contribution in [0.15, 0.2) is 30.5 Å². The van der Waals surface area contributed by atoms with Crippen molar-refractivity contribution in [3.63, 3.8) is 0 Å². The number of nitrogens with zero attached hydrogens (tertiary/aromatic N) is 4. The number of aliphatic hydroxyl groups is 1. The number of fused-ring (bicyclic) bond motifs is 1. The van der Waals surface area contributed by atoms with Gasteiger partial charge in [0.15, 0.2) is 0 Å². The third-order valence-electron chi connectivity index (χ3n) is 3.84. The zero-order valence-electron chi connectivity index (χ0n) is 14.5. The zero-order valence-corrected chi connectivity index (χ0v) is 14.5. The number of aromatic nitrogens is 4. The van der Waals surface area contributed by atoms with E-state index >= 15 is 0 Å². The standard InChI is InChI=1S/C17H22N6O2/c1-17(2,24)11-4-5-12-13(10-11)23(14-6-7-19-15(18)22-14)16(21-12)20-8-9-25-3/h4-7,10,24H,8-9H2,1-3H3,(H,20,21)(H2,18,19,22). The number of anilines is 2. The molecule has 0 spiro atoms. The van der Waals surface area contributed by atoms with Crippen molar-refractivity contribution in [2.45, 2.75) is 19.4 Å². The van der Waals surface area contributed by atoms with Crippen LogP contribution in [-0.2, 0) is 10.3 Å². The third-order valence-corrected chi connectivity index (χ3v) is 3.84. The minimum absolute atomic E-state index is 0.181. The molecule has 0 aliphatic heterocycles. The molecular weight excluding hydrogens is 320 g/mol. The van der Waals surface area contributed by atoms with E-state index in [-0.39, 0.29) is 5.95 Å². The van der Waals surface area contributed by atoms with Gasteiger partial charge in [0.05, 0.1) is 23.2 Å². The first-order valence-electron chi connectivity index (χ1n) is 7.97. The molecule has 0 saturated carbocycles. The summed E-state index contributed by atoms with van der Waals surface area (Å²) in [4.78, 5) is 12.9. The highest BCUT2D eigenvalue weighted by molar-refractivity contribution is 5.82. The fraction of sp³-hybridized carbons (Fsp3) is 0.353. The van der Waals surface area contributed by atoms with Crippen molar-refractivity contribution in [1.82, 2.24) is 19.5 Å². The molecule has 0 unspecified atom stereocenters. The number of hydrogen-bond donors (Lipinski definition) is 3. The average Bonchev–Trinajstić information content (AvgIpc) is 2.91. The van der Waals surface area contributed by atoms with E-state index in [0.717, 1.165) is 16.6 Å². The predicted molar refractivity (Wildman–Crippen MR) is 96.7 cm³/mol. The van der Waals surface area contributed by atoms with Gasteiger partial charge in [-0.15, -0.1) is 0 Å². The molecule has 0 atom stereocenters. The summed E-state index contributed by atoms with van der Waals surface area (Å²) in [7, 11) is 1.64. The van der Waals surface area contributed by atoms with Crippen LogP contribution in [0.4, 0.5) is 11.9 Å². The van der Waals surface area contributed by atoms with Crippen LogP contribution in [0, 0.1) is 0 Å². The lowest BCUT2D eigenvalue weighted by Gasteiger charge is -2.18. The number of methoxy groups -OCH3 is 1. The number of ether oxygens (including phenoxy) is 1. The molecule has 3 aromatic rings. The first-order chi connectivity index (χ1) is 11.9. The minimum Gasteiger partial charge on any atom is -0.386 e. The molecule has 2 aromatic heterocycles. The molecule has 0 amide bonds. The number of hydrogen-bond acceptors (Lipinski definition) is 7. The molecule has 8 heteroatoms. The second-order valence-corrected chi connectivity index (χ2v) is 6.23. The molecule has 0 aliphatic rings. The smallest absolute Gasteiger partial charge is 0.221 e. The Hall–Kier alpha value is -2.71. The molecule has 3 rings (SSSR count). The zero-order chi connectivity index (χ0) is 18.0. The topological polar surface area (TPSA) is 111 Å². The monoisotopic (exact) mass is 342 g/mol. The molecule has 0 radical (unpaired) electrons. The van der Waals surface area contributed by atoms with Gasteiger partial charge in [0.25, 0.3) is 0 Å². The Morgan fingerprint density at radius 3 is 2.76 bits per heavy atom. The van der Waals surface area contributed by atoms with Gasteiger partial charge in [-0.3, -0.25) is 4.57 Å². The average molecular weight is 342 g/mol. The highest BCUT2D eigenvalue weighted by Crippen LogP contribution is 2.28. The maximum Gasteiger partial charge on any atom is 0.221 e. The largest absolute Gasteiger partial charge is 0.386 e. The van der Waals surface area contributed by atoms with Crippen molar-refractivity contribution < 1.29 is 9.84 Å². The number of benzene rings is 1. The van der Waals surface area contributed by atoms with E-state index < -0.39 is 5.60 Å². The van der Waals surface area contributed by atoms with Gasteiger partial charge in [-0.1, -0.05) is 6.07 Å². The third kappa shape index (κ3) is 3.54. The Bertz CT molecular complexity index is 884. The van der Waals surface area contributed by atoms with E-state index in [1.165, 1.54) is 0 Å². The molecule has 0 bridgehead atoms. The maximum absolute atomic E-state index is 10.3. The molecule has 1 aromatic carbocycles. The van der Waals surface area contributed by atoms with E-state index in [0.29, 0.717) is 24.9 Å². The summed E-state index contributed by atoms with van der Waals surface area (Å²) in [5, 5.41) is 13.6. The van der Waals surface area contributed by atoms with Crippen LogP contribution in [0.3, 0.4) is 0 Å². The second kappa shape index (κ2) is 6.66. The number of rotatable bonds is 6. The van der Waals surface area contributed by atoms with Crippen LogP contribution in [0.5, 0.6) is 0 Å². The van der Waals surface area contributed by atoms with Crippen molar-refractivity contribution in [2.75, 3.05) is 31.3 Å². The molecule has 132 valence electrons. The summed E-state index contributed by atoms with van der Waals surface area (Å²) in [6.45, 7) is 4.63. The van der Waals surface area contributed by atoms with Gasteiger partial charge in [-0.25, -0.2) is 9.97 Å². The quantitative estimate of drug-likeness (QED) is 0.584. The SMILES string of the molecule is COCCNc1nc2ccc(C(C)(C)O)cc2n1-c1ccnc(N)n1. The lowest BCUT2D eigenvalue weighted by molar-refractivity contribution is 0.0787. The first-order valence-corrected chi connectivity index (χ1v) is 7.97. The molecule has 25 heavy (non-hydrogen) atoms.